The van der Waals surface area contributed by atoms with Crippen molar-refractivity contribution in [1.82, 2.24) is 5.16 Å². The molecule has 1 N–H and O–H groups in total. The van der Waals surface area contributed by atoms with Crippen LogP contribution in [0.25, 0.3) is 11.3 Å². The topological polar surface area (TPSA) is 64.4 Å². The molecule has 3 rings (SSSR count). The Morgan fingerprint density at radius 2 is 1.80 bits per heavy atom. The molecule has 0 radical (unpaired) electrons. The monoisotopic (exact) mass is 344 g/mol. The molecule has 7 heteroatoms. The van der Waals surface area contributed by atoms with E-state index in [4.69, 9.17) is 4.52 Å². The summed E-state index contributed by atoms with van der Waals surface area (Å²) in [6, 6.07) is 14.8. The molecule has 0 saturated heterocycles. The molecule has 0 unspecified atom stereocenters. The highest BCUT2D eigenvalue weighted by molar-refractivity contribution is 6.08. The highest BCUT2D eigenvalue weighted by Gasteiger charge is 2.21. The lowest BCUT2D eigenvalue weighted by Crippen LogP contribution is -2.13. The van der Waals surface area contributed by atoms with Crippen LogP contribution in [0.4, 0.5) is 14.5 Å². The van der Waals surface area contributed by atoms with Crippen molar-refractivity contribution in [3.8, 4) is 17.0 Å². The maximum absolute atomic E-state index is 12.6. The fourth-order valence-corrected chi connectivity index (χ4v) is 2.35. The maximum atomic E-state index is 12.6. The number of benzene rings is 2. The van der Waals surface area contributed by atoms with Crippen LogP contribution in [0.5, 0.6) is 5.75 Å². The Bertz CT molecular complexity index is 862. The van der Waals surface area contributed by atoms with Gasteiger partial charge in [-0.05, 0) is 31.2 Å². The van der Waals surface area contributed by atoms with Crippen molar-refractivity contribution in [3.05, 3.63) is 65.9 Å². The molecular formula is C18H14F2N2O3. The molecule has 3 aromatic rings. The number of halogens is 2. The van der Waals surface area contributed by atoms with Crippen molar-refractivity contribution in [2.75, 3.05) is 5.32 Å². The van der Waals surface area contributed by atoms with Crippen molar-refractivity contribution in [3.63, 3.8) is 0 Å². The van der Waals surface area contributed by atoms with E-state index in [1.807, 2.05) is 30.3 Å². The van der Waals surface area contributed by atoms with E-state index in [0.717, 1.165) is 5.56 Å². The number of anilines is 1. The minimum Gasteiger partial charge on any atom is -0.435 e. The zero-order valence-corrected chi connectivity index (χ0v) is 13.2. The van der Waals surface area contributed by atoms with Crippen LogP contribution in [0, 0.1) is 6.92 Å². The molecule has 0 saturated carbocycles. The average molecular weight is 344 g/mol. The van der Waals surface area contributed by atoms with E-state index in [0.29, 0.717) is 22.7 Å². The molecule has 5 nitrogen and oxygen atoms in total. The number of amides is 1. The summed E-state index contributed by atoms with van der Waals surface area (Å²) in [5, 5.41) is 6.65. The summed E-state index contributed by atoms with van der Waals surface area (Å²) in [5.41, 5.74) is 1.95. The fraction of sp³-hybridized carbons (Fsp3) is 0.111. The molecule has 0 spiro atoms. The summed E-state index contributed by atoms with van der Waals surface area (Å²) in [6.45, 7) is -1.25. The van der Waals surface area contributed by atoms with Crippen LogP contribution in [0.3, 0.4) is 0 Å². The van der Waals surface area contributed by atoms with Gasteiger partial charge in [0.05, 0.1) is 0 Å². The SMILES string of the molecule is Cc1onc(-c2ccccc2)c1C(=O)Nc1ccc(OC(F)F)cc1. The minimum atomic E-state index is -2.89. The Kier molecular flexibility index (Phi) is 4.74. The Balaban J connectivity index is 1.81. The Hall–Kier alpha value is -3.22. The largest absolute Gasteiger partial charge is 0.435 e. The van der Waals surface area contributed by atoms with Crippen molar-refractivity contribution in [2.45, 2.75) is 13.5 Å². The zero-order valence-electron chi connectivity index (χ0n) is 13.2. The number of carbonyl (C=O) groups is 1. The van der Waals surface area contributed by atoms with Crippen molar-refractivity contribution in [1.29, 1.82) is 0 Å². The maximum Gasteiger partial charge on any atom is 0.387 e. The highest BCUT2D eigenvalue weighted by atomic mass is 19.3. The van der Waals surface area contributed by atoms with Crippen LogP contribution in [0.15, 0.2) is 59.1 Å². The van der Waals surface area contributed by atoms with Gasteiger partial charge in [-0.3, -0.25) is 4.79 Å². The van der Waals surface area contributed by atoms with E-state index in [1.165, 1.54) is 24.3 Å². The second-order valence-corrected chi connectivity index (χ2v) is 5.19. The summed E-state index contributed by atoms with van der Waals surface area (Å²) in [4.78, 5) is 12.6. The van der Waals surface area contributed by atoms with Crippen molar-refractivity contribution in [2.24, 2.45) is 0 Å². The van der Waals surface area contributed by atoms with Gasteiger partial charge in [0.25, 0.3) is 5.91 Å². The lowest BCUT2D eigenvalue weighted by Gasteiger charge is -2.08. The highest BCUT2D eigenvalue weighted by Crippen LogP contribution is 2.26. The predicted octanol–water partition coefficient (Wildman–Crippen LogP) is 4.50. The number of aryl methyl sites for hydroxylation is 1. The molecule has 0 bridgehead atoms. The summed E-state index contributed by atoms with van der Waals surface area (Å²) < 4.78 is 33.7. The van der Waals surface area contributed by atoms with Crippen LogP contribution < -0.4 is 10.1 Å². The molecule has 1 aromatic heterocycles. The number of nitrogens with zero attached hydrogens (tertiary/aromatic N) is 1. The smallest absolute Gasteiger partial charge is 0.387 e. The minimum absolute atomic E-state index is 0.0131. The quantitative estimate of drug-likeness (QED) is 0.740. The Labute approximate surface area is 142 Å². The third-order valence-corrected chi connectivity index (χ3v) is 3.47. The van der Waals surface area contributed by atoms with Crippen LogP contribution in [-0.4, -0.2) is 17.7 Å². The number of ether oxygens (including phenoxy) is 1. The summed E-state index contributed by atoms with van der Waals surface area (Å²) in [6.07, 6.45) is 0. The normalized spacial score (nSPS) is 10.7. The number of hydrogen-bond donors (Lipinski definition) is 1. The van der Waals surface area contributed by atoms with Gasteiger partial charge < -0.3 is 14.6 Å². The number of carbonyl (C=O) groups excluding carboxylic acids is 1. The van der Waals surface area contributed by atoms with Crippen molar-refractivity contribution < 1.29 is 22.8 Å². The molecule has 0 atom stereocenters. The number of aromatic nitrogens is 1. The lowest BCUT2D eigenvalue weighted by molar-refractivity contribution is -0.0498. The van der Waals surface area contributed by atoms with Crippen LogP contribution in [0.2, 0.25) is 0 Å². The van der Waals surface area contributed by atoms with E-state index in [2.05, 4.69) is 15.2 Å². The Morgan fingerprint density at radius 1 is 1.12 bits per heavy atom. The fourth-order valence-electron chi connectivity index (χ4n) is 2.35. The summed E-state index contributed by atoms with van der Waals surface area (Å²) in [5.74, 6) is -0.00623. The molecular weight excluding hydrogens is 330 g/mol. The van der Waals surface area contributed by atoms with E-state index in [-0.39, 0.29) is 5.75 Å². The standard InChI is InChI=1S/C18H14F2N2O3/c1-11-15(16(22-25-11)12-5-3-2-4-6-12)17(23)21-13-7-9-14(10-8-13)24-18(19)20/h2-10,18H,1H3,(H,21,23). The third kappa shape index (κ3) is 3.82. The zero-order chi connectivity index (χ0) is 17.8. The van der Waals surface area contributed by atoms with Gasteiger partial charge in [-0.15, -0.1) is 0 Å². The number of hydrogen-bond acceptors (Lipinski definition) is 4. The number of alkyl halides is 2. The Morgan fingerprint density at radius 3 is 2.44 bits per heavy atom. The van der Waals surface area contributed by atoms with Crippen LogP contribution in [-0.2, 0) is 0 Å². The summed E-state index contributed by atoms with van der Waals surface area (Å²) in [7, 11) is 0. The average Bonchev–Trinajstić information content (AvgIpc) is 2.99. The third-order valence-electron chi connectivity index (χ3n) is 3.47. The van der Waals surface area contributed by atoms with Gasteiger partial charge in [0, 0.05) is 11.3 Å². The molecule has 128 valence electrons. The van der Waals surface area contributed by atoms with Gasteiger partial charge in [-0.25, -0.2) is 0 Å². The van der Waals surface area contributed by atoms with Gasteiger partial charge in [0.2, 0.25) is 0 Å². The first-order chi connectivity index (χ1) is 12.0. The molecule has 1 heterocycles. The predicted molar refractivity (Wildman–Crippen MR) is 87.7 cm³/mol. The van der Waals surface area contributed by atoms with E-state index in [1.54, 1.807) is 6.92 Å². The van der Waals surface area contributed by atoms with Gasteiger partial charge in [0.15, 0.2) is 0 Å². The van der Waals surface area contributed by atoms with Gasteiger partial charge in [-0.1, -0.05) is 35.5 Å². The lowest BCUT2D eigenvalue weighted by atomic mass is 10.1. The van der Waals surface area contributed by atoms with Crippen LogP contribution >= 0.6 is 0 Å². The first-order valence-electron chi connectivity index (χ1n) is 7.42. The summed E-state index contributed by atoms with van der Waals surface area (Å²) >= 11 is 0. The van der Waals surface area contributed by atoms with Gasteiger partial charge >= 0.3 is 6.61 Å². The molecule has 1 amide bonds. The molecule has 0 aliphatic rings. The van der Waals surface area contributed by atoms with E-state index in [9.17, 15) is 13.6 Å². The van der Waals surface area contributed by atoms with Crippen LogP contribution in [0.1, 0.15) is 16.1 Å². The first-order valence-corrected chi connectivity index (χ1v) is 7.42. The molecule has 2 aromatic carbocycles. The molecule has 25 heavy (non-hydrogen) atoms. The molecule has 0 aliphatic carbocycles. The van der Waals surface area contributed by atoms with E-state index >= 15 is 0 Å². The van der Waals surface area contributed by atoms with Gasteiger partial charge in [-0.2, -0.15) is 8.78 Å². The first kappa shape index (κ1) is 16.6. The number of nitrogens with one attached hydrogen (secondary N) is 1. The molecule has 0 fully saturated rings. The van der Waals surface area contributed by atoms with Gasteiger partial charge in [0.1, 0.15) is 22.8 Å². The van der Waals surface area contributed by atoms with Crippen molar-refractivity contribution >= 4 is 11.6 Å². The second-order valence-electron chi connectivity index (χ2n) is 5.19. The van der Waals surface area contributed by atoms with E-state index < -0.39 is 12.5 Å². The second kappa shape index (κ2) is 7.12. The number of rotatable bonds is 5. The molecule has 0 aliphatic heterocycles.